The summed E-state index contributed by atoms with van der Waals surface area (Å²) in [5, 5.41) is 30.1. The van der Waals surface area contributed by atoms with E-state index in [2.05, 4.69) is 129 Å². The monoisotopic (exact) mass is 1720 g/mol. The SMILES string of the molecule is CS(=O)(=O)[N-]c1ccccc1[PH+](c1ccccc1)c1ccccc1.Cc1cc(-c2ncnn2-c2ccccc2)[n-]n1.FC(F)(F)c1cc(-c2cn(-c3ccccc3)cn2)[n-]n1.O=C([N-]c1ccccc1[PH+](c1ccccc1)c1ccccc1)c1ccccc1.O=S(=O)(O)c1ccccn1.[Zn].[Zn].[Zn].[Zn].[Zn]. The van der Waals surface area contributed by atoms with Crippen molar-refractivity contribution in [3.05, 3.63) is 343 Å². The van der Waals surface area contributed by atoms with Crippen molar-refractivity contribution >= 4 is 85.1 Å². The van der Waals surface area contributed by atoms with Gasteiger partial charge in [-0.25, -0.2) is 28.1 Å². The van der Waals surface area contributed by atoms with Crippen LogP contribution in [-0.2, 0) is 124 Å². The van der Waals surface area contributed by atoms with Crippen LogP contribution in [-0.4, -0.2) is 73.0 Å². The largest absolute Gasteiger partial charge is 0.619 e. The van der Waals surface area contributed by atoms with Crippen molar-refractivity contribution in [2.75, 3.05) is 6.26 Å². The molecule has 1 N–H and O–H groups in total. The molecule has 0 saturated heterocycles. The fourth-order valence-corrected chi connectivity index (χ4v) is 16.2. The Balaban J connectivity index is 0.000000238. The van der Waals surface area contributed by atoms with Crippen molar-refractivity contribution in [3.63, 3.8) is 0 Å². The molecule has 0 aliphatic rings. The molecule has 18 nitrogen and oxygen atoms in total. The third kappa shape index (κ3) is 25.0. The zero-order chi connectivity index (χ0) is 69.6. The maximum Gasteiger partial charge on any atom is 0.431 e. The van der Waals surface area contributed by atoms with Crippen LogP contribution in [0.5, 0.6) is 0 Å². The molecule has 5 aromatic heterocycles. The predicted molar refractivity (Wildman–Crippen MR) is 387 cm³/mol. The number of aryl methyl sites for hydroxylation is 1. The van der Waals surface area contributed by atoms with Gasteiger partial charge in [0.2, 0.25) is 0 Å². The van der Waals surface area contributed by atoms with Gasteiger partial charge in [0.05, 0.1) is 60.1 Å². The van der Waals surface area contributed by atoms with Gasteiger partial charge in [0.1, 0.15) is 39.1 Å². The van der Waals surface area contributed by atoms with E-state index in [1.165, 1.54) is 52.2 Å². The maximum atomic E-state index is 12.7. The molecule has 0 radical (unpaired) electrons. The van der Waals surface area contributed by atoms with E-state index < -0.39 is 47.9 Å². The van der Waals surface area contributed by atoms with Gasteiger partial charge < -0.3 is 39.8 Å². The molecule has 508 valence electrons. The zero-order valence-corrected chi connectivity index (χ0v) is 74.8. The molecule has 0 unspecified atom stereocenters. The number of hydrogen-bond acceptors (Lipinski definition) is 11. The van der Waals surface area contributed by atoms with Crippen LogP contribution in [0.2, 0.25) is 0 Å². The quantitative estimate of drug-likeness (QED) is 0.0569. The first-order valence-corrected chi connectivity index (χ1v) is 36.5. The van der Waals surface area contributed by atoms with E-state index >= 15 is 0 Å². The van der Waals surface area contributed by atoms with Crippen LogP contribution in [0.3, 0.4) is 0 Å². The van der Waals surface area contributed by atoms with Crippen molar-refractivity contribution in [3.8, 4) is 34.3 Å². The summed E-state index contributed by atoms with van der Waals surface area (Å²) in [7, 11) is -10.2. The number of alkyl halides is 3. The number of hydrogen-bond donors (Lipinski definition) is 1. The van der Waals surface area contributed by atoms with Gasteiger partial charge in [0.25, 0.3) is 0 Å². The number of aromatic nitrogens is 10. The second-order valence-electron chi connectivity index (χ2n) is 21.3. The van der Waals surface area contributed by atoms with Crippen LogP contribution in [0, 0.1) is 6.92 Å². The van der Waals surface area contributed by atoms with Crippen LogP contribution in [0.25, 0.3) is 44.3 Å². The molecule has 14 aromatic rings. The van der Waals surface area contributed by atoms with E-state index in [1.54, 1.807) is 39.7 Å². The number of pyridine rings is 1. The Labute approximate surface area is 667 Å². The summed E-state index contributed by atoms with van der Waals surface area (Å²) in [5.74, 6) is 0.493. The third-order valence-corrected chi connectivity index (χ3v) is 21.0. The number of para-hydroxylation sites is 3. The number of carbonyl (C=O) groups excluding carboxylic acids is 1. The van der Waals surface area contributed by atoms with Gasteiger partial charge in [-0.2, -0.15) is 26.7 Å². The Kier molecular flexibility index (Phi) is 35.0. The number of halogens is 3. The van der Waals surface area contributed by atoms with Gasteiger partial charge in [-0.1, -0.05) is 211 Å². The number of rotatable bonds is 15. The molecule has 0 aliphatic heterocycles. The molecule has 0 saturated carbocycles. The molecule has 0 bridgehead atoms. The maximum absolute atomic E-state index is 12.7. The molecule has 30 heteroatoms. The van der Waals surface area contributed by atoms with E-state index in [0.717, 1.165) is 51.4 Å². The van der Waals surface area contributed by atoms with Gasteiger partial charge in [0.15, 0.2) is 5.03 Å². The van der Waals surface area contributed by atoms with E-state index in [-0.39, 0.29) is 114 Å². The Hall–Kier alpha value is -8.20. The smallest absolute Gasteiger partial charge is 0.431 e. The molecule has 1 amide bonds. The fraction of sp³-hybridized carbons (Fsp3) is 0.0405. The Morgan fingerprint density at radius 2 is 0.933 bits per heavy atom. The van der Waals surface area contributed by atoms with Crippen molar-refractivity contribution in [1.29, 1.82) is 0 Å². The summed E-state index contributed by atoms with van der Waals surface area (Å²) in [6.07, 6.45) is 2.58. The van der Waals surface area contributed by atoms with E-state index in [4.69, 9.17) is 4.55 Å². The van der Waals surface area contributed by atoms with E-state index in [1.807, 2.05) is 177 Å². The summed E-state index contributed by atoms with van der Waals surface area (Å²) in [6.45, 7) is 1.90. The molecular weight excluding hydrogens is 1660 g/mol. The van der Waals surface area contributed by atoms with Gasteiger partial charge >= 0.3 is 16.3 Å². The fourth-order valence-electron chi connectivity index (χ4n) is 9.78. The number of benzene rings is 9. The average molecular weight is 1720 g/mol. The average Bonchev–Trinajstić information content (AvgIpc) is 1.14. The summed E-state index contributed by atoms with van der Waals surface area (Å²) in [6, 6.07) is 92.3. The first kappa shape index (κ1) is 86.4. The first-order chi connectivity index (χ1) is 47.9. The number of sulfonamides is 1. The molecule has 0 spiro atoms. The van der Waals surface area contributed by atoms with Crippen LogP contribution < -0.4 is 42.0 Å². The topological polar surface area (TPSA) is 249 Å². The van der Waals surface area contributed by atoms with Crippen LogP contribution in [0.4, 0.5) is 24.5 Å². The van der Waals surface area contributed by atoms with E-state index in [9.17, 15) is 34.8 Å². The second kappa shape index (κ2) is 42.1. The normalized spacial score (nSPS) is 10.6. The standard InChI is InChI=1S/C25H20NOP.C19H17NO2PS.C13H8F3N4.C12H10N5.C5H5NO3S.5Zn/c27-25(20-12-4-1-5-13-20)26-23-18-10-11-19-24(23)28(21-14-6-2-7-15-21)22-16-8-3-9-17-22;1-24(21,22)20-18-14-8-9-15-19(18)23(16-10-4-2-5-11-16)17-12-6-3-7-13-17;14-13(15,16)12-6-10(18-19-12)11-7-20(8-17-11)9-4-2-1-3-5-9;1-9-7-11(16-15-9)12-13-8-14-17(12)10-5-3-2-4-6-10;7-10(8,9)5-3-1-2-4-6-5;;;;;/h1-19H,(H,26,27);2-15H,1H3;1-8H;2-8H,1H3;1-4H,(H,7,8,9);;;;;/q;3*-1;;;;;;/p+1. The number of nitrogens with zero attached hydrogens (tertiary/aromatic N) is 12. The van der Waals surface area contributed by atoms with Crippen LogP contribution in [0.1, 0.15) is 21.7 Å². The van der Waals surface area contributed by atoms with Crippen molar-refractivity contribution in [2.24, 2.45) is 0 Å². The molecule has 14 rings (SSSR count). The molecular formula is C74H61F3N12O6P2S2Zn5-2. The Morgan fingerprint density at radius 1 is 0.500 bits per heavy atom. The number of imidazole rings is 1. The van der Waals surface area contributed by atoms with Crippen molar-refractivity contribution in [1.82, 2.24) is 49.7 Å². The van der Waals surface area contributed by atoms with Gasteiger partial charge in [-0.3, -0.25) is 4.55 Å². The summed E-state index contributed by atoms with van der Waals surface area (Å²) >= 11 is 0. The molecule has 0 aliphatic carbocycles. The van der Waals surface area contributed by atoms with Crippen molar-refractivity contribution < 1.29 is 137 Å². The predicted octanol–water partition coefficient (Wildman–Crippen LogP) is 13.0. The van der Waals surface area contributed by atoms with Crippen LogP contribution in [0.15, 0.2) is 321 Å². The van der Waals surface area contributed by atoms with Gasteiger partial charge in [-0.05, 0) is 116 Å². The number of amides is 1. The minimum absolute atomic E-state index is 0. The second-order valence-corrected chi connectivity index (χ2v) is 29.2. The third-order valence-electron chi connectivity index (χ3n) is 14.2. The van der Waals surface area contributed by atoms with E-state index in [0.29, 0.717) is 22.8 Å². The summed E-state index contributed by atoms with van der Waals surface area (Å²) < 4.78 is 97.2. The molecule has 0 fully saturated rings. The van der Waals surface area contributed by atoms with Crippen molar-refractivity contribution in [2.45, 2.75) is 18.1 Å². The Morgan fingerprint density at radius 3 is 1.37 bits per heavy atom. The number of carbonyl (C=O) groups is 1. The van der Waals surface area contributed by atoms with Gasteiger partial charge in [0, 0.05) is 127 Å². The van der Waals surface area contributed by atoms with Crippen LogP contribution >= 0.6 is 15.8 Å². The summed E-state index contributed by atoms with van der Waals surface area (Å²) in [5.41, 5.74) is 4.75. The molecule has 104 heavy (non-hydrogen) atoms. The zero-order valence-electron chi connectivity index (χ0n) is 56.4. The molecule has 9 aromatic carbocycles. The minimum Gasteiger partial charge on any atom is -0.619 e. The summed E-state index contributed by atoms with van der Waals surface area (Å²) in [4.78, 5) is 24.4. The molecule has 5 heterocycles. The van der Waals surface area contributed by atoms with Gasteiger partial charge in [-0.15, -0.1) is 0 Å². The molecule has 0 atom stereocenters. The Bertz CT molecular complexity index is 5020. The first-order valence-electron chi connectivity index (χ1n) is 30.2. The minimum atomic E-state index is -4.49.